The molecule has 0 aliphatic heterocycles. The van der Waals surface area contributed by atoms with Crippen LogP contribution >= 0.6 is 24.0 Å². The van der Waals surface area contributed by atoms with E-state index in [0.29, 0.717) is 12.5 Å². The van der Waals surface area contributed by atoms with Crippen LogP contribution in [0.1, 0.15) is 24.3 Å². The summed E-state index contributed by atoms with van der Waals surface area (Å²) in [4.78, 5) is 18.1. The van der Waals surface area contributed by atoms with Gasteiger partial charge in [-0.1, -0.05) is 48.5 Å². The summed E-state index contributed by atoms with van der Waals surface area (Å²) < 4.78 is 5.94. The summed E-state index contributed by atoms with van der Waals surface area (Å²) in [5.41, 5.74) is 1.95. The summed E-state index contributed by atoms with van der Waals surface area (Å²) in [6, 6.07) is 19.8. The molecule has 7 heteroatoms. The molecule has 154 valence electrons. The van der Waals surface area contributed by atoms with Crippen molar-refractivity contribution in [3.05, 3.63) is 72.0 Å². The second-order valence-electron chi connectivity index (χ2n) is 6.84. The molecule has 2 aromatic carbocycles. The number of carbonyl (C=O) groups excluding carboxylic acids is 1. The maximum Gasteiger partial charge on any atom is 0.241 e. The molecule has 1 unspecified atom stereocenters. The Kier molecular flexibility index (Phi) is 8.50. The van der Waals surface area contributed by atoms with E-state index in [1.165, 1.54) is 0 Å². The number of nitrogens with one attached hydrogen (secondary N) is 2. The Morgan fingerprint density at radius 1 is 1.10 bits per heavy atom. The maximum absolute atomic E-state index is 12.0. The second kappa shape index (κ2) is 10.8. The van der Waals surface area contributed by atoms with Gasteiger partial charge in [0.15, 0.2) is 5.96 Å². The highest BCUT2D eigenvalue weighted by Crippen LogP contribution is 2.23. The molecule has 2 N–H and O–H groups in total. The molecule has 0 aliphatic rings. The van der Waals surface area contributed by atoms with Gasteiger partial charge in [-0.2, -0.15) is 0 Å². The Morgan fingerprint density at radius 2 is 1.79 bits per heavy atom. The minimum absolute atomic E-state index is 0. The van der Waals surface area contributed by atoms with Gasteiger partial charge in [0.05, 0.1) is 19.1 Å². The summed E-state index contributed by atoms with van der Waals surface area (Å²) in [7, 11) is 3.46. The molecular weight excluding hydrogens is 479 g/mol. The lowest BCUT2D eigenvalue weighted by Crippen LogP contribution is -2.43. The highest BCUT2D eigenvalue weighted by atomic mass is 127. The van der Waals surface area contributed by atoms with Gasteiger partial charge < -0.3 is 20.0 Å². The van der Waals surface area contributed by atoms with Gasteiger partial charge in [0.2, 0.25) is 5.91 Å². The minimum Gasteiger partial charge on any atom is -0.459 e. The zero-order chi connectivity index (χ0) is 19.9. The van der Waals surface area contributed by atoms with Crippen LogP contribution in [0, 0.1) is 0 Å². The van der Waals surface area contributed by atoms with Crippen molar-refractivity contribution in [2.24, 2.45) is 4.99 Å². The summed E-state index contributed by atoms with van der Waals surface area (Å²) in [6.45, 7) is 2.69. The van der Waals surface area contributed by atoms with Crippen LogP contribution in [0.5, 0.6) is 0 Å². The van der Waals surface area contributed by atoms with Gasteiger partial charge in [-0.05, 0) is 24.6 Å². The lowest BCUT2D eigenvalue weighted by Gasteiger charge is -2.18. The highest BCUT2D eigenvalue weighted by molar-refractivity contribution is 14.0. The number of rotatable bonds is 6. The predicted molar refractivity (Wildman–Crippen MR) is 127 cm³/mol. The minimum atomic E-state index is -0.108. The largest absolute Gasteiger partial charge is 0.459 e. The first-order valence-corrected chi connectivity index (χ1v) is 9.30. The summed E-state index contributed by atoms with van der Waals surface area (Å²) >= 11 is 0. The van der Waals surface area contributed by atoms with Crippen LogP contribution in [0.2, 0.25) is 0 Å². The number of para-hydroxylation sites is 1. The zero-order valence-electron chi connectivity index (χ0n) is 16.9. The Hall–Kier alpha value is -2.55. The molecule has 1 aromatic heterocycles. The van der Waals surface area contributed by atoms with Crippen molar-refractivity contribution in [1.82, 2.24) is 15.5 Å². The van der Waals surface area contributed by atoms with E-state index >= 15 is 0 Å². The maximum atomic E-state index is 12.0. The fraction of sp³-hybridized carbons (Fsp3) is 0.273. The molecule has 1 atom stereocenters. The van der Waals surface area contributed by atoms with Crippen LogP contribution in [0.25, 0.3) is 11.0 Å². The number of hydrogen-bond donors (Lipinski definition) is 2. The normalized spacial score (nSPS) is 12.2. The standard InChI is InChI=1S/C22H26N4O2.HI/c1-16(20-13-18-11-7-8-12-19(18)28-20)25-22(24-15-21(27)26(2)3)23-14-17-9-5-4-6-10-17;/h4-13,16H,14-15H2,1-3H3,(H2,23,24,25);1H. The van der Waals surface area contributed by atoms with Gasteiger partial charge >= 0.3 is 0 Å². The number of fused-ring (bicyclic) bond motifs is 1. The Labute approximate surface area is 188 Å². The number of furan rings is 1. The number of aliphatic imine (C=N–C) groups is 1. The number of guanidine groups is 1. The van der Waals surface area contributed by atoms with E-state index in [9.17, 15) is 4.79 Å². The quantitative estimate of drug-likeness (QED) is 0.302. The first-order chi connectivity index (χ1) is 13.5. The fourth-order valence-electron chi connectivity index (χ4n) is 2.72. The number of nitrogens with zero attached hydrogens (tertiary/aromatic N) is 2. The topological polar surface area (TPSA) is 69.9 Å². The zero-order valence-corrected chi connectivity index (χ0v) is 19.2. The van der Waals surface area contributed by atoms with Crippen LogP contribution in [0.4, 0.5) is 0 Å². The Balaban J connectivity index is 0.00000300. The molecular formula is C22H27IN4O2. The van der Waals surface area contributed by atoms with Crippen LogP contribution < -0.4 is 10.6 Å². The average molecular weight is 506 g/mol. The molecule has 0 saturated carbocycles. The summed E-state index contributed by atoms with van der Waals surface area (Å²) in [6.07, 6.45) is 0. The van der Waals surface area contributed by atoms with Crippen LogP contribution in [-0.2, 0) is 11.3 Å². The monoisotopic (exact) mass is 506 g/mol. The van der Waals surface area contributed by atoms with Crippen LogP contribution in [0.3, 0.4) is 0 Å². The van der Waals surface area contributed by atoms with Gasteiger partial charge in [0.25, 0.3) is 0 Å². The predicted octanol–water partition coefficient (Wildman–Crippen LogP) is 3.94. The van der Waals surface area contributed by atoms with Crippen molar-refractivity contribution < 1.29 is 9.21 Å². The van der Waals surface area contributed by atoms with Crippen LogP contribution in [-0.4, -0.2) is 37.4 Å². The van der Waals surface area contributed by atoms with Crippen LogP contribution in [0.15, 0.2) is 70.1 Å². The Bertz CT molecular complexity index is 921. The molecule has 0 spiro atoms. The molecule has 1 heterocycles. The number of hydrogen-bond acceptors (Lipinski definition) is 3. The smallest absolute Gasteiger partial charge is 0.241 e. The molecule has 0 saturated heterocycles. The molecule has 0 bridgehead atoms. The molecule has 29 heavy (non-hydrogen) atoms. The number of benzene rings is 2. The van der Waals surface area contributed by atoms with E-state index in [-0.39, 0.29) is 42.5 Å². The molecule has 1 amide bonds. The lowest BCUT2D eigenvalue weighted by atomic mass is 10.2. The lowest BCUT2D eigenvalue weighted by molar-refractivity contribution is -0.127. The first kappa shape index (κ1) is 22.7. The van der Waals surface area contributed by atoms with Gasteiger partial charge in [-0.25, -0.2) is 4.99 Å². The number of likely N-dealkylation sites (N-methyl/N-ethyl adjacent to an activating group) is 1. The molecule has 6 nitrogen and oxygen atoms in total. The van der Waals surface area contributed by atoms with Gasteiger partial charge in [-0.15, -0.1) is 24.0 Å². The molecule has 3 rings (SSSR count). The van der Waals surface area contributed by atoms with Gasteiger partial charge in [-0.3, -0.25) is 4.79 Å². The van der Waals surface area contributed by atoms with E-state index in [1.54, 1.807) is 19.0 Å². The fourth-order valence-corrected chi connectivity index (χ4v) is 2.72. The number of halogens is 1. The molecule has 0 radical (unpaired) electrons. The van der Waals surface area contributed by atoms with Gasteiger partial charge in [0, 0.05) is 19.5 Å². The third kappa shape index (κ3) is 6.49. The molecule has 0 fully saturated rings. The Morgan fingerprint density at radius 3 is 2.48 bits per heavy atom. The SMILES string of the molecule is CC(NC(=NCc1ccccc1)NCC(=O)N(C)C)c1cc2ccccc2o1.I. The second-order valence-corrected chi connectivity index (χ2v) is 6.84. The van der Waals surface area contributed by atoms with Crippen molar-refractivity contribution in [2.45, 2.75) is 19.5 Å². The van der Waals surface area contributed by atoms with Crippen molar-refractivity contribution in [3.8, 4) is 0 Å². The number of amides is 1. The third-order valence-corrected chi connectivity index (χ3v) is 4.39. The van der Waals surface area contributed by atoms with Crippen molar-refractivity contribution in [3.63, 3.8) is 0 Å². The van der Waals surface area contributed by atoms with Crippen molar-refractivity contribution in [2.75, 3.05) is 20.6 Å². The van der Waals surface area contributed by atoms with E-state index in [4.69, 9.17) is 4.42 Å². The average Bonchev–Trinajstić information content (AvgIpc) is 3.14. The van der Waals surface area contributed by atoms with E-state index in [0.717, 1.165) is 22.3 Å². The summed E-state index contributed by atoms with van der Waals surface area (Å²) in [5, 5.41) is 7.50. The van der Waals surface area contributed by atoms with E-state index in [2.05, 4.69) is 15.6 Å². The van der Waals surface area contributed by atoms with E-state index in [1.807, 2.05) is 67.6 Å². The first-order valence-electron chi connectivity index (χ1n) is 9.30. The highest BCUT2D eigenvalue weighted by Gasteiger charge is 2.14. The van der Waals surface area contributed by atoms with Crippen molar-refractivity contribution in [1.29, 1.82) is 0 Å². The third-order valence-electron chi connectivity index (χ3n) is 4.39. The molecule has 3 aromatic rings. The van der Waals surface area contributed by atoms with Gasteiger partial charge in [0.1, 0.15) is 11.3 Å². The van der Waals surface area contributed by atoms with E-state index < -0.39 is 0 Å². The summed E-state index contributed by atoms with van der Waals surface area (Å²) in [5.74, 6) is 1.35. The molecule has 0 aliphatic carbocycles. The van der Waals surface area contributed by atoms with Crippen molar-refractivity contribution >= 4 is 46.8 Å². The number of carbonyl (C=O) groups is 1.